The third-order valence-corrected chi connectivity index (χ3v) is 6.86. The predicted octanol–water partition coefficient (Wildman–Crippen LogP) is 6.09. The van der Waals surface area contributed by atoms with Crippen molar-refractivity contribution in [2.75, 3.05) is 13.7 Å². The smallest absolute Gasteiger partial charge is 0.290 e. The highest BCUT2D eigenvalue weighted by Gasteiger charge is 2.44. The summed E-state index contributed by atoms with van der Waals surface area (Å²) < 4.78 is 17.4. The number of ketones is 1. The summed E-state index contributed by atoms with van der Waals surface area (Å²) in [7, 11) is 1.56. The van der Waals surface area contributed by atoms with Crippen LogP contribution in [0.25, 0.3) is 11.0 Å². The second kappa shape index (κ2) is 10.3. The van der Waals surface area contributed by atoms with E-state index in [0.717, 1.165) is 10.0 Å². The van der Waals surface area contributed by atoms with Crippen LogP contribution >= 0.6 is 15.9 Å². The van der Waals surface area contributed by atoms with E-state index < -0.39 is 23.5 Å². The average Bonchev–Trinajstić information content (AvgIpc) is 3.44. The van der Waals surface area contributed by atoms with Crippen molar-refractivity contribution in [2.45, 2.75) is 19.5 Å². The van der Waals surface area contributed by atoms with Crippen LogP contribution in [0.3, 0.4) is 0 Å². The number of rotatable bonds is 8. The van der Waals surface area contributed by atoms with Crippen LogP contribution < -0.4 is 9.47 Å². The largest absolute Gasteiger partial charge is 0.504 e. The fourth-order valence-electron chi connectivity index (χ4n) is 4.55. The van der Waals surface area contributed by atoms with Gasteiger partial charge in [0.25, 0.3) is 5.91 Å². The Hall–Kier alpha value is -4.24. The van der Waals surface area contributed by atoms with E-state index in [2.05, 4.69) is 15.9 Å². The first kappa shape index (κ1) is 25.4. The van der Waals surface area contributed by atoms with Crippen molar-refractivity contribution in [1.82, 2.24) is 4.90 Å². The van der Waals surface area contributed by atoms with Gasteiger partial charge in [0.15, 0.2) is 23.0 Å². The van der Waals surface area contributed by atoms with Gasteiger partial charge in [-0.25, -0.2) is 0 Å². The molecule has 38 heavy (non-hydrogen) atoms. The van der Waals surface area contributed by atoms with Crippen molar-refractivity contribution in [3.8, 4) is 17.2 Å². The van der Waals surface area contributed by atoms with Gasteiger partial charge in [0.1, 0.15) is 11.3 Å². The molecule has 2 N–H and O–H groups in total. The fraction of sp³-hybridized carbons (Fsp3) is 0.172. The number of phenolic OH excluding ortho intramolecular Hbond substituents is 1. The SMILES string of the molecule is CCOc1cc(C2C(C(=O)c3cc4cc(Br)ccc4o3)=C(O)C(=O)N2Cc2ccc(OC)cc2)ccc1O. The molecular weight excluding hydrogens is 554 g/mol. The Kier molecular flexibility index (Phi) is 6.86. The number of carbonyl (C=O) groups excluding carboxylic acids is 2. The molecule has 0 spiro atoms. The van der Waals surface area contributed by atoms with E-state index >= 15 is 0 Å². The van der Waals surface area contributed by atoms with E-state index in [4.69, 9.17) is 13.9 Å². The molecule has 0 aliphatic carbocycles. The van der Waals surface area contributed by atoms with Crippen LogP contribution in [0.4, 0.5) is 0 Å². The molecule has 0 saturated carbocycles. The number of amides is 1. The van der Waals surface area contributed by atoms with Gasteiger partial charge in [0, 0.05) is 16.4 Å². The van der Waals surface area contributed by atoms with Gasteiger partial charge in [-0.3, -0.25) is 9.59 Å². The zero-order chi connectivity index (χ0) is 27.0. The Morgan fingerprint density at radius 2 is 1.82 bits per heavy atom. The van der Waals surface area contributed by atoms with Gasteiger partial charge in [-0.15, -0.1) is 0 Å². The average molecular weight is 578 g/mol. The lowest BCUT2D eigenvalue weighted by Crippen LogP contribution is -2.30. The van der Waals surface area contributed by atoms with Crippen LogP contribution in [0.15, 0.2) is 87.0 Å². The van der Waals surface area contributed by atoms with Crippen molar-refractivity contribution >= 4 is 38.6 Å². The Morgan fingerprint density at radius 1 is 1.05 bits per heavy atom. The van der Waals surface area contributed by atoms with Crippen molar-refractivity contribution in [3.63, 3.8) is 0 Å². The number of halogens is 1. The molecule has 1 aromatic heterocycles. The third-order valence-electron chi connectivity index (χ3n) is 6.36. The number of carbonyl (C=O) groups is 2. The van der Waals surface area contributed by atoms with Crippen LogP contribution in [0.1, 0.15) is 34.6 Å². The van der Waals surface area contributed by atoms with Gasteiger partial charge in [-0.05, 0) is 66.6 Å². The summed E-state index contributed by atoms with van der Waals surface area (Å²) in [6, 6.07) is 17.7. The van der Waals surface area contributed by atoms with Gasteiger partial charge in [-0.2, -0.15) is 0 Å². The number of benzene rings is 3. The number of furan rings is 1. The summed E-state index contributed by atoms with van der Waals surface area (Å²) in [6.45, 7) is 2.19. The van der Waals surface area contributed by atoms with E-state index in [0.29, 0.717) is 28.9 Å². The number of nitrogens with zero attached hydrogens (tertiary/aromatic N) is 1. The zero-order valence-electron chi connectivity index (χ0n) is 20.6. The van der Waals surface area contributed by atoms with Gasteiger partial charge >= 0.3 is 0 Å². The standard InChI is InChI=1S/C29H24BrNO7/c1-3-37-23-13-17(6-10-21(23)32)26-25(27(33)24-14-18-12-19(30)7-11-22(18)38-24)28(34)29(35)31(26)15-16-4-8-20(36-2)9-5-16/h4-14,26,32,34H,3,15H2,1-2H3. The van der Waals surface area contributed by atoms with E-state index in [-0.39, 0.29) is 29.4 Å². The number of hydrogen-bond donors (Lipinski definition) is 2. The predicted molar refractivity (Wildman–Crippen MR) is 143 cm³/mol. The topological polar surface area (TPSA) is 109 Å². The molecule has 4 aromatic rings. The molecule has 0 saturated heterocycles. The Bertz CT molecular complexity index is 1570. The van der Waals surface area contributed by atoms with Crippen LogP contribution in [0, 0.1) is 0 Å². The molecule has 0 fully saturated rings. The Labute approximate surface area is 226 Å². The monoisotopic (exact) mass is 577 g/mol. The van der Waals surface area contributed by atoms with Gasteiger partial charge in [0.05, 0.1) is 25.3 Å². The van der Waals surface area contributed by atoms with Crippen LogP contribution in [-0.2, 0) is 11.3 Å². The molecule has 5 rings (SSSR count). The van der Waals surface area contributed by atoms with Crippen LogP contribution in [0.5, 0.6) is 17.2 Å². The van der Waals surface area contributed by atoms with E-state index in [1.54, 1.807) is 68.6 Å². The summed E-state index contributed by atoms with van der Waals surface area (Å²) in [6.07, 6.45) is 0. The van der Waals surface area contributed by atoms with Crippen molar-refractivity contribution in [2.24, 2.45) is 0 Å². The first-order valence-electron chi connectivity index (χ1n) is 11.9. The highest BCUT2D eigenvalue weighted by atomic mass is 79.9. The number of aliphatic hydroxyl groups is 1. The summed E-state index contributed by atoms with van der Waals surface area (Å²) >= 11 is 3.41. The normalized spacial score (nSPS) is 15.4. The number of aromatic hydroxyl groups is 1. The molecular formula is C29H24BrNO7. The molecule has 3 aromatic carbocycles. The van der Waals surface area contributed by atoms with Crippen LogP contribution in [0.2, 0.25) is 0 Å². The molecule has 1 aliphatic rings. The number of aliphatic hydroxyl groups excluding tert-OH is 1. The maximum absolute atomic E-state index is 13.8. The molecule has 2 heterocycles. The number of phenols is 1. The minimum Gasteiger partial charge on any atom is -0.504 e. The van der Waals surface area contributed by atoms with Gasteiger partial charge in [0.2, 0.25) is 5.78 Å². The molecule has 0 bridgehead atoms. The first-order chi connectivity index (χ1) is 18.3. The van der Waals surface area contributed by atoms with Crippen molar-refractivity contribution < 1.29 is 33.7 Å². The fourth-order valence-corrected chi connectivity index (χ4v) is 4.93. The lowest BCUT2D eigenvalue weighted by molar-refractivity contribution is -0.130. The molecule has 194 valence electrons. The summed E-state index contributed by atoms with van der Waals surface area (Å²) in [4.78, 5) is 28.6. The second-order valence-corrected chi connectivity index (χ2v) is 9.64. The quantitative estimate of drug-likeness (QED) is 0.244. The van der Waals surface area contributed by atoms with E-state index in [9.17, 15) is 19.8 Å². The molecule has 9 heteroatoms. The first-order valence-corrected chi connectivity index (χ1v) is 12.7. The minimum atomic E-state index is -0.961. The van der Waals surface area contributed by atoms with Crippen molar-refractivity contribution in [1.29, 1.82) is 0 Å². The molecule has 0 radical (unpaired) electrons. The number of fused-ring (bicyclic) bond motifs is 1. The maximum Gasteiger partial charge on any atom is 0.290 e. The molecule has 8 nitrogen and oxygen atoms in total. The van der Waals surface area contributed by atoms with E-state index in [1.807, 2.05) is 6.07 Å². The summed E-state index contributed by atoms with van der Waals surface area (Å²) in [5.74, 6) is -1.19. The summed E-state index contributed by atoms with van der Waals surface area (Å²) in [5.41, 5.74) is 1.63. The lowest BCUT2D eigenvalue weighted by atomic mass is 9.94. The number of hydrogen-bond acceptors (Lipinski definition) is 7. The van der Waals surface area contributed by atoms with Crippen LogP contribution in [-0.4, -0.2) is 40.5 Å². The van der Waals surface area contributed by atoms with Crippen molar-refractivity contribution in [3.05, 3.63) is 99.4 Å². The third kappa shape index (κ3) is 4.61. The number of ether oxygens (including phenoxy) is 2. The highest BCUT2D eigenvalue weighted by Crippen LogP contribution is 2.43. The number of methoxy groups -OCH3 is 1. The van der Waals surface area contributed by atoms with Gasteiger partial charge < -0.3 is 29.0 Å². The van der Waals surface area contributed by atoms with E-state index in [1.165, 1.54) is 11.0 Å². The lowest BCUT2D eigenvalue weighted by Gasteiger charge is -2.27. The zero-order valence-corrected chi connectivity index (χ0v) is 22.2. The molecule has 1 amide bonds. The highest BCUT2D eigenvalue weighted by molar-refractivity contribution is 9.10. The van der Waals surface area contributed by atoms with Gasteiger partial charge in [-0.1, -0.05) is 34.1 Å². The molecule has 1 aliphatic heterocycles. The summed E-state index contributed by atoms with van der Waals surface area (Å²) in [5, 5.41) is 22.0. The Balaban J connectivity index is 1.60. The molecule has 1 unspecified atom stereocenters. The number of Topliss-reactive ketones (excluding diaryl/α,β-unsaturated/α-hetero) is 1. The second-order valence-electron chi connectivity index (χ2n) is 8.73. The maximum atomic E-state index is 13.8. The Morgan fingerprint density at radius 3 is 2.53 bits per heavy atom. The molecule has 1 atom stereocenters. The minimum absolute atomic E-state index is 0.00689.